The SMILES string of the molecule is CCn1nc(C)c(-c2nn(C(C)C)cc2C(=O)O)c1C. The lowest BCUT2D eigenvalue weighted by molar-refractivity contribution is 0.0697. The smallest absolute Gasteiger partial charge is 0.339 e. The molecule has 0 amide bonds. The van der Waals surface area contributed by atoms with E-state index >= 15 is 0 Å². The zero-order valence-electron chi connectivity index (χ0n) is 12.5. The maximum Gasteiger partial charge on any atom is 0.339 e. The highest BCUT2D eigenvalue weighted by Crippen LogP contribution is 2.29. The number of carboxylic acids is 1. The summed E-state index contributed by atoms with van der Waals surface area (Å²) in [5.74, 6) is -0.963. The van der Waals surface area contributed by atoms with Crippen LogP contribution in [0.5, 0.6) is 0 Å². The molecule has 2 heterocycles. The molecular weight excluding hydrogens is 256 g/mol. The molecule has 20 heavy (non-hydrogen) atoms. The maximum atomic E-state index is 11.4. The van der Waals surface area contributed by atoms with E-state index in [1.54, 1.807) is 10.9 Å². The fraction of sp³-hybridized carbons (Fsp3) is 0.500. The second kappa shape index (κ2) is 5.11. The molecule has 6 nitrogen and oxygen atoms in total. The van der Waals surface area contributed by atoms with Crippen molar-refractivity contribution in [3.8, 4) is 11.3 Å². The van der Waals surface area contributed by atoms with Gasteiger partial charge in [0.15, 0.2) is 0 Å². The lowest BCUT2D eigenvalue weighted by Crippen LogP contribution is -2.01. The van der Waals surface area contributed by atoms with Crippen LogP contribution < -0.4 is 0 Å². The first-order valence-electron chi connectivity index (χ1n) is 6.73. The molecule has 0 saturated heterocycles. The number of hydrogen-bond acceptors (Lipinski definition) is 3. The third-order valence-corrected chi connectivity index (χ3v) is 3.41. The number of aromatic nitrogens is 4. The molecule has 1 N–H and O–H groups in total. The van der Waals surface area contributed by atoms with E-state index in [1.165, 1.54) is 0 Å². The topological polar surface area (TPSA) is 72.9 Å². The summed E-state index contributed by atoms with van der Waals surface area (Å²) >= 11 is 0. The Labute approximate surface area is 118 Å². The van der Waals surface area contributed by atoms with Gasteiger partial charge in [0, 0.05) is 30.0 Å². The van der Waals surface area contributed by atoms with Gasteiger partial charge in [-0.2, -0.15) is 10.2 Å². The summed E-state index contributed by atoms with van der Waals surface area (Å²) in [5, 5.41) is 18.3. The lowest BCUT2D eigenvalue weighted by atomic mass is 10.1. The largest absolute Gasteiger partial charge is 0.478 e. The number of aryl methyl sites for hydroxylation is 2. The molecule has 0 unspecified atom stereocenters. The number of hydrogen-bond donors (Lipinski definition) is 1. The molecule has 0 atom stereocenters. The van der Waals surface area contributed by atoms with Gasteiger partial charge in [-0.3, -0.25) is 9.36 Å². The molecule has 108 valence electrons. The van der Waals surface area contributed by atoms with Crippen molar-refractivity contribution in [3.63, 3.8) is 0 Å². The van der Waals surface area contributed by atoms with Crippen molar-refractivity contribution in [2.45, 2.75) is 47.2 Å². The van der Waals surface area contributed by atoms with Gasteiger partial charge in [0.25, 0.3) is 0 Å². The van der Waals surface area contributed by atoms with Crippen LogP contribution >= 0.6 is 0 Å². The number of carbonyl (C=O) groups is 1. The van der Waals surface area contributed by atoms with E-state index in [1.807, 2.05) is 39.3 Å². The first-order chi connectivity index (χ1) is 9.36. The number of carboxylic acid groups (broad SMARTS) is 1. The predicted molar refractivity (Wildman–Crippen MR) is 75.9 cm³/mol. The van der Waals surface area contributed by atoms with Crippen molar-refractivity contribution in [1.82, 2.24) is 19.6 Å². The minimum absolute atomic E-state index is 0.115. The van der Waals surface area contributed by atoms with Gasteiger partial charge in [-0.05, 0) is 34.6 Å². The Bertz CT molecular complexity index is 652. The molecule has 0 saturated carbocycles. The van der Waals surface area contributed by atoms with E-state index in [2.05, 4.69) is 10.2 Å². The van der Waals surface area contributed by atoms with E-state index in [0.29, 0.717) is 5.69 Å². The van der Waals surface area contributed by atoms with E-state index in [0.717, 1.165) is 23.5 Å². The second-order valence-corrected chi connectivity index (χ2v) is 5.13. The molecular formula is C14H20N4O2. The van der Waals surface area contributed by atoms with E-state index in [9.17, 15) is 9.90 Å². The van der Waals surface area contributed by atoms with Crippen LogP contribution in [0, 0.1) is 13.8 Å². The van der Waals surface area contributed by atoms with Gasteiger partial charge >= 0.3 is 5.97 Å². The summed E-state index contributed by atoms with van der Waals surface area (Å²) < 4.78 is 3.55. The number of aromatic carboxylic acids is 1. The molecule has 6 heteroatoms. The molecule has 2 aromatic heterocycles. The van der Waals surface area contributed by atoms with E-state index < -0.39 is 5.97 Å². The van der Waals surface area contributed by atoms with Crippen LogP contribution in [0.4, 0.5) is 0 Å². The average molecular weight is 276 g/mol. The summed E-state index contributed by atoms with van der Waals surface area (Å²) in [7, 11) is 0. The molecule has 0 fully saturated rings. The lowest BCUT2D eigenvalue weighted by Gasteiger charge is -2.04. The molecule has 0 aliphatic heterocycles. The molecule has 0 aliphatic rings. The van der Waals surface area contributed by atoms with E-state index in [-0.39, 0.29) is 11.6 Å². The predicted octanol–water partition coefficient (Wildman–Crippen LogP) is 2.66. The van der Waals surface area contributed by atoms with Gasteiger partial charge in [0.05, 0.1) is 5.69 Å². The highest BCUT2D eigenvalue weighted by molar-refractivity contribution is 5.95. The van der Waals surface area contributed by atoms with Crippen LogP contribution in [0.2, 0.25) is 0 Å². The fourth-order valence-corrected chi connectivity index (χ4v) is 2.34. The first kappa shape index (κ1) is 14.3. The van der Waals surface area contributed by atoms with Gasteiger partial charge in [-0.25, -0.2) is 4.79 Å². The van der Waals surface area contributed by atoms with Gasteiger partial charge in [0.2, 0.25) is 0 Å². The van der Waals surface area contributed by atoms with Gasteiger partial charge in [-0.15, -0.1) is 0 Å². The van der Waals surface area contributed by atoms with Crippen LogP contribution in [0.25, 0.3) is 11.3 Å². The third kappa shape index (κ3) is 2.21. The zero-order valence-corrected chi connectivity index (χ0v) is 12.5. The van der Waals surface area contributed by atoms with Crippen molar-refractivity contribution in [2.24, 2.45) is 0 Å². The van der Waals surface area contributed by atoms with Crippen molar-refractivity contribution < 1.29 is 9.90 Å². The Morgan fingerprint density at radius 2 is 2.00 bits per heavy atom. The Hall–Kier alpha value is -2.11. The van der Waals surface area contributed by atoms with Crippen LogP contribution in [-0.4, -0.2) is 30.6 Å². The Kier molecular flexibility index (Phi) is 3.65. The standard InChI is InChI=1S/C14H20N4O2/c1-6-17-10(5)12(9(4)15-17)13-11(14(19)20)7-18(16-13)8(2)3/h7-8H,6H2,1-5H3,(H,19,20). The number of rotatable bonds is 4. The van der Waals surface area contributed by atoms with Crippen LogP contribution in [0.15, 0.2) is 6.20 Å². The maximum absolute atomic E-state index is 11.4. The zero-order chi connectivity index (χ0) is 15.0. The third-order valence-electron chi connectivity index (χ3n) is 3.41. The van der Waals surface area contributed by atoms with Gasteiger partial charge in [-0.1, -0.05) is 0 Å². The van der Waals surface area contributed by atoms with Crippen molar-refractivity contribution in [2.75, 3.05) is 0 Å². The molecule has 0 aromatic carbocycles. The summed E-state index contributed by atoms with van der Waals surface area (Å²) in [4.78, 5) is 11.4. The molecule has 2 rings (SSSR count). The highest BCUT2D eigenvalue weighted by atomic mass is 16.4. The average Bonchev–Trinajstić information content (AvgIpc) is 2.91. The summed E-state index contributed by atoms with van der Waals surface area (Å²) in [5.41, 5.74) is 3.30. The van der Waals surface area contributed by atoms with Gasteiger partial charge in [0.1, 0.15) is 11.3 Å². The van der Waals surface area contributed by atoms with Crippen LogP contribution in [0.3, 0.4) is 0 Å². The second-order valence-electron chi connectivity index (χ2n) is 5.13. The first-order valence-corrected chi connectivity index (χ1v) is 6.73. The monoisotopic (exact) mass is 276 g/mol. The van der Waals surface area contributed by atoms with Crippen molar-refractivity contribution in [3.05, 3.63) is 23.1 Å². The quantitative estimate of drug-likeness (QED) is 0.931. The van der Waals surface area contributed by atoms with Crippen molar-refractivity contribution in [1.29, 1.82) is 0 Å². The van der Waals surface area contributed by atoms with Crippen LogP contribution in [-0.2, 0) is 6.54 Å². The summed E-state index contributed by atoms with van der Waals surface area (Å²) in [6, 6.07) is 0.115. The highest BCUT2D eigenvalue weighted by Gasteiger charge is 2.23. The summed E-state index contributed by atoms with van der Waals surface area (Å²) in [6.07, 6.45) is 1.59. The summed E-state index contributed by atoms with van der Waals surface area (Å²) in [6.45, 7) is 10.5. The van der Waals surface area contributed by atoms with E-state index in [4.69, 9.17) is 0 Å². The minimum Gasteiger partial charge on any atom is -0.478 e. The van der Waals surface area contributed by atoms with Crippen LogP contribution in [0.1, 0.15) is 48.6 Å². The molecule has 0 bridgehead atoms. The molecule has 0 aliphatic carbocycles. The van der Waals surface area contributed by atoms with Gasteiger partial charge < -0.3 is 5.11 Å². The Morgan fingerprint density at radius 3 is 2.45 bits per heavy atom. The minimum atomic E-state index is -0.963. The molecule has 2 aromatic rings. The molecule has 0 spiro atoms. The normalized spacial score (nSPS) is 11.3. The Morgan fingerprint density at radius 1 is 1.35 bits per heavy atom. The molecule has 0 radical (unpaired) electrons. The Balaban J connectivity index is 2.68. The number of nitrogens with zero attached hydrogens (tertiary/aromatic N) is 4. The fourth-order valence-electron chi connectivity index (χ4n) is 2.34. The van der Waals surface area contributed by atoms with Crippen molar-refractivity contribution >= 4 is 5.97 Å².